The minimum absolute atomic E-state index is 0.152. The molecule has 5 heteroatoms. The van der Waals surface area contributed by atoms with Crippen molar-refractivity contribution in [2.45, 2.75) is 45.8 Å². The molecule has 0 saturated carbocycles. The summed E-state index contributed by atoms with van der Waals surface area (Å²) in [5.41, 5.74) is 7.85. The number of anilines is 2. The van der Waals surface area contributed by atoms with Gasteiger partial charge in [-0.2, -0.15) is 5.10 Å². The molecule has 0 spiro atoms. The molecule has 1 saturated heterocycles. The zero-order valence-electron chi connectivity index (χ0n) is 12.0. The highest BCUT2D eigenvalue weighted by atomic mass is 16.5. The normalized spacial score (nSPS) is 23.4. The third-order valence-corrected chi connectivity index (χ3v) is 3.33. The van der Waals surface area contributed by atoms with Gasteiger partial charge in [0.1, 0.15) is 0 Å². The van der Waals surface area contributed by atoms with E-state index >= 15 is 0 Å². The van der Waals surface area contributed by atoms with E-state index in [9.17, 15) is 0 Å². The Morgan fingerprint density at radius 1 is 1.50 bits per heavy atom. The summed E-state index contributed by atoms with van der Waals surface area (Å²) in [4.78, 5) is 2.29. The molecule has 1 aliphatic rings. The van der Waals surface area contributed by atoms with Gasteiger partial charge in [0.15, 0.2) is 5.82 Å². The minimum atomic E-state index is -0.152. The Balaban J connectivity index is 2.34. The first-order chi connectivity index (χ1) is 8.34. The van der Waals surface area contributed by atoms with Crippen molar-refractivity contribution in [3.63, 3.8) is 0 Å². The Labute approximate surface area is 109 Å². The van der Waals surface area contributed by atoms with Crippen molar-refractivity contribution in [1.29, 1.82) is 0 Å². The highest BCUT2D eigenvalue weighted by Crippen LogP contribution is 2.31. The van der Waals surface area contributed by atoms with Gasteiger partial charge >= 0.3 is 0 Å². The van der Waals surface area contributed by atoms with Crippen LogP contribution in [0.15, 0.2) is 0 Å². The topological polar surface area (TPSA) is 56.3 Å². The summed E-state index contributed by atoms with van der Waals surface area (Å²) >= 11 is 0. The largest absolute Gasteiger partial charge is 0.394 e. The van der Waals surface area contributed by atoms with Gasteiger partial charge in [-0.3, -0.25) is 4.68 Å². The van der Waals surface area contributed by atoms with Crippen LogP contribution in [0.4, 0.5) is 11.5 Å². The van der Waals surface area contributed by atoms with Gasteiger partial charge in [0, 0.05) is 20.1 Å². The van der Waals surface area contributed by atoms with Gasteiger partial charge in [-0.25, -0.2) is 0 Å². The summed E-state index contributed by atoms with van der Waals surface area (Å²) in [5, 5.41) is 4.49. The molecule has 18 heavy (non-hydrogen) atoms. The van der Waals surface area contributed by atoms with E-state index in [1.54, 1.807) is 0 Å². The van der Waals surface area contributed by atoms with Crippen molar-refractivity contribution in [1.82, 2.24) is 9.78 Å². The van der Waals surface area contributed by atoms with E-state index in [4.69, 9.17) is 10.5 Å². The van der Waals surface area contributed by atoms with Gasteiger partial charge in [-0.1, -0.05) is 6.92 Å². The number of hydrogen-bond acceptors (Lipinski definition) is 4. The predicted octanol–water partition coefficient (Wildman–Crippen LogP) is 1.57. The van der Waals surface area contributed by atoms with Gasteiger partial charge in [0.25, 0.3) is 0 Å². The fourth-order valence-electron chi connectivity index (χ4n) is 2.84. The lowest BCUT2D eigenvalue weighted by Crippen LogP contribution is -2.52. The average Bonchev–Trinajstić information content (AvgIpc) is 2.50. The van der Waals surface area contributed by atoms with Gasteiger partial charge < -0.3 is 15.4 Å². The molecule has 0 radical (unpaired) electrons. The number of nitrogens with zero attached hydrogens (tertiary/aromatic N) is 3. The molecule has 5 nitrogen and oxygen atoms in total. The van der Waals surface area contributed by atoms with Crippen LogP contribution in [0.1, 0.15) is 33.4 Å². The third kappa shape index (κ3) is 2.32. The molecular weight excluding hydrogens is 228 g/mol. The van der Waals surface area contributed by atoms with Gasteiger partial charge in [-0.05, 0) is 27.2 Å². The predicted molar refractivity (Wildman–Crippen MR) is 73.8 cm³/mol. The zero-order chi connectivity index (χ0) is 13.5. The molecule has 0 bridgehead atoms. The smallest absolute Gasteiger partial charge is 0.150 e. The molecule has 0 aromatic carbocycles. The molecule has 1 aromatic rings. The van der Waals surface area contributed by atoms with Crippen LogP contribution in [0.5, 0.6) is 0 Å². The summed E-state index contributed by atoms with van der Waals surface area (Å²) in [7, 11) is 1.96. The van der Waals surface area contributed by atoms with Crippen LogP contribution in [0.2, 0.25) is 0 Å². The first-order valence-electron chi connectivity index (χ1n) is 6.58. The highest BCUT2D eigenvalue weighted by molar-refractivity contribution is 5.66. The number of aromatic nitrogens is 2. The number of ether oxygens (including phenoxy) is 1. The third-order valence-electron chi connectivity index (χ3n) is 3.33. The second kappa shape index (κ2) is 4.46. The zero-order valence-corrected chi connectivity index (χ0v) is 12.0. The maximum Gasteiger partial charge on any atom is 0.150 e. The summed E-state index contributed by atoms with van der Waals surface area (Å²) in [5.74, 6) is 1.02. The molecule has 2 rings (SSSR count). The summed E-state index contributed by atoms with van der Waals surface area (Å²) in [6, 6.07) is 0. The SMILES string of the molecule is CCc1nn(C)c(N2CC(C)OC(C)(C)C2)c1N. The van der Waals surface area contributed by atoms with Crippen LogP contribution in [-0.2, 0) is 18.2 Å². The van der Waals surface area contributed by atoms with Crippen molar-refractivity contribution in [3.8, 4) is 0 Å². The number of rotatable bonds is 2. The fraction of sp³-hybridized carbons (Fsp3) is 0.769. The van der Waals surface area contributed by atoms with Crippen molar-refractivity contribution < 1.29 is 4.74 Å². The van der Waals surface area contributed by atoms with Crippen molar-refractivity contribution in [2.24, 2.45) is 7.05 Å². The second-order valence-electron chi connectivity index (χ2n) is 5.73. The summed E-state index contributed by atoms with van der Waals surface area (Å²) < 4.78 is 7.82. The fourth-order valence-corrected chi connectivity index (χ4v) is 2.84. The van der Waals surface area contributed by atoms with Crippen molar-refractivity contribution in [2.75, 3.05) is 23.7 Å². The first kappa shape index (κ1) is 13.2. The number of nitrogen functional groups attached to an aromatic ring is 1. The second-order valence-corrected chi connectivity index (χ2v) is 5.73. The molecular formula is C13H24N4O. The Kier molecular flexibility index (Phi) is 3.27. The lowest BCUT2D eigenvalue weighted by molar-refractivity contribution is -0.0752. The molecule has 102 valence electrons. The number of morpholine rings is 1. The molecule has 1 aliphatic heterocycles. The van der Waals surface area contributed by atoms with E-state index in [2.05, 4.69) is 37.7 Å². The minimum Gasteiger partial charge on any atom is -0.394 e. The number of nitrogens with two attached hydrogens (primary N) is 1. The van der Waals surface area contributed by atoms with Gasteiger partial charge in [-0.15, -0.1) is 0 Å². The number of hydrogen-bond donors (Lipinski definition) is 1. The molecule has 2 heterocycles. The molecule has 0 aliphatic carbocycles. The Morgan fingerprint density at radius 3 is 2.67 bits per heavy atom. The summed E-state index contributed by atoms with van der Waals surface area (Å²) in [6.07, 6.45) is 1.07. The van der Waals surface area contributed by atoms with Crippen LogP contribution < -0.4 is 10.6 Å². The van der Waals surface area contributed by atoms with Crippen molar-refractivity contribution in [3.05, 3.63) is 5.69 Å². The van der Waals surface area contributed by atoms with Crippen molar-refractivity contribution >= 4 is 11.5 Å². The molecule has 1 fully saturated rings. The quantitative estimate of drug-likeness (QED) is 0.868. The van der Waals surface area contributed by atoms with Gasteiger partial charge in [0.2, 0.25) is 0 Å². The molecule has 1 aromatic heterocycles. The van der Waals surface area contributed by atoms with E-state index in [1.165, 1.54) is 0 Å². The average molecular weight is 252 g/mol. The molecule has 0 amide bonds. The van der Waals surface area contributed by atoms with E-state index in [0.29, 0.717) is 0 Å². The Morgan fingerprint density at radius 2 is 2.17 bits per heavy atom. The summed E-state index contributed by atoms with van der Waals surface area (Å²) in [6.45, 7) is 10.1. The van der Waals surface area contributed by atoms with E-state index in [1.807, 2.05) is 11.7 Å². The lowest BCUT2D eigenvalue weighted by atomic mass is 10.1. The van der Waals surface area contributed by atoms with Crippen LogP contribution in [0, 0.1) is 0 Å². The highest BCUT2D eigenvalue weighted by Gasteiger charge is 2.33. The van der Waals surface area contributed by atoms with Crippen LogP contribution in [-0.4, -0.2) is 34.6 Å². The maximum absolute atomic E-state index is 6.21. The van der Waals surface area contributed by atoms with E-state index in [0.717, 1.165) is 36.7 Å². The van der Waals surface area contributed by atoms with Crippen LogP contribution >= 0.6 is 0 Å². The Bertz CT molecular complexity index is 438. The monoisotopic (exact) mass is 252 g/mol. The van der Waals surface area contributed by atoms with E-state index < -0.39 is 0 Å². The van der Waals surface area contributed by atoms with Gasteiger partial charge in [0.05, 0.1) is 23.1 Å². The molecule has 1 unspecified atom stereocenters. The van der Waals surface area contributed by atoms with Crippen LogP contribution in [0.25, 0.3) is 0 Å². The van der Waals surface area contributed by atoms with E-state index in [-0.39, 0.29) is 11.7 Å². The van der Waals surface area contributed by atoms with Crippen LogP contribution in [0.3, 0.4) is 0 Å². The first-order valence-corrected chi connectivity index (χ1v) is 6.58. The number of aryl methyl sites for hydroxylation is 2. The Hall–Kier alpha value is -1.23. The maximum atomic E-state index is 6.21. The molecule has 1 atom stereocenters. The molecule has 2 N–H and O–H groups in total. The standard InChI is InChI=1S/C13H24N4O/c1-6-10-11(14)12(16(5)15-10)17-7-9(2)18-13(3,4)8-17/h9H,6-8,14H2,1-5H3. The lowest BCUT2D eigenvalue weighted by Gasteiger charge is -2.42.